The van der Waals surface area contributed by atoms with Gasteiger partial charge in [-0.2, -0.15) is 0 Å². The Bertz CT molecular complexity index is 3030. The van der Waals surface area contributed by atoms with Crippen molar-refractivity contribution in [2.45, 2.75) is 26.2 Å². The van der Waals surface area contributed by atoms with Crippen LogP contribution in [0.3, 0.4) is 0 Å². The van der Waals surface area contributed by atoms with E-state index in [0.29, 0.717) is 0 Å². The Labute approximate surface area is 319 Å². The summed E-state index contributed by atoms with van der Waals surface area (Å²) < 4.78 is 0. The zero-order chi connectivity index (χ0) is 36.3. The molecule has 0 N–H and O–H groups in total. The summed E-state index contributed by atoms with van der Waals surface area (Å²) in [6.07, 6.45) is 0. The number of hydrogen-bond donors (Lipinski definition) is 0. The van der Waals surface area contributed by atoms with Crippen LogP contribution in [0.5, 0.6) is 0 Å². The molecular formula is C52H40Si2. The van der Waals surface area contributed by atoms with E-state index in [-0.39, 0.29) is 0 Å². The van der Waals surface area contributed by atoms with Gasteiger partial charge < -0.3 is 0 Å². The SMILES string of the molecule is C[Si]1(C)c2cc(-c3ccc(-c4ccc5ccccc5c4)cc3)ccc2-c2c1c1c(c3ccccc23)-c2ccc(-c3cccc4ccccc34)cc2[Si]1(C)C. The normalized spacial score (nSPS) is 14.6. The quantitative estimate of drug-likeness (QED) is 0.159. The van der Waals surface area contributed by atoms with Gasteiger partial charge in [0.2, 0.25) is 0 Å². The Hall–Kier alpha value is -5.81. The molecule has 0 aliphatic carbocycles. The van der Waals surface area contributed by atoms with Crippen molar-refractivity contribution in [2.75, 3.05) is 0 Å². The average molecular weight is 721 g/mol. The molecule has 9 aromatic carbocycles. The Morgan fingerprint density at radius 3 is 1.37 bits per heavy atom. The van der Waals surface area contributed by atoms with Crippen LogP contribution < -0.4 is 20.7 Å². The second-order valence-electron chi connectivity index (χ2n) is 16.5. The zero-order valence-corrected chi connectivity index (χ0v) is 33.2. The van der Waals surface area contributed by atoms with Crippen molar-refractivity contribution >= 4 is 69.2 Å². The molecule has 11 rings (SSSR count). The summed E-state index contributed by atoms with van der Waals surface area (Å²) in [5.74, 6) is 0. The van der Waals surface area contributed by atoms with Gasteiger partial charge in [0.25, 0.3) is 0 Å². The first-order chi connectivity index (χ1) is 26.3. The smallest absolute Gasteiger partial charge is 0.0616 e. The Balaban J connectivity index is 1.05. The molecule has 9 aromatic rings. The van der Waals surface area contributed by atoms with Gasteiger partial charge in [-0.3, -0.25) is 0 Å². The van der Waals surface area contributed by atoms with Crippen LogP contribution in [0.4, 0.5) is 0 Å². The first kappa shape index (κ1) is 31.7. The monoisotopic (exact) mass is 720 g/mol. The van der Waals surface area contributed by atoms with Gasteiger partial charge in [0.15, 0.2) is 0 Å². The third-order valence-electron chi connectivity index (χ3n) is 12.8. The minimum atomic E-state index is -2.12. The number of benzene rings is 9. The first-order valence-corrected chi connectivity index (χ1v) is 25.3. The number of fused-ring (bicyclic) bond motifs is 12. The fraction of sp³-hybridized carbons (Fsp3) is 0.0769. The molecule has 0 unspecified atom stereocenters. The number of hydrogen-bond acceptors (Lipinski definition) is 0. The molecule has 0 fully saturated rings. The molecule has 2 aliphatic heterocycles. The van der Waals surface area contributed by atoms with Crippen molar-refractivity contribution < 1.29 is 0 Å². The highest BCUT2D eigenvalue weighted by Gasteiger charge is 2.49. The van der Waals surface area contributed by atoms with E-state index in [0.717, 1.165) is 0 Å². The van der Waals surface area contributed by atoms with Gasteiger partial charge in [0, 0.05) is 0 Å². The van der Waals surface area contributed by atoms with Crippen LogP contribution >= 0.6 is 0 Å². The lowest BCUT2D eigenvalue weighted by Gasteiger charge is -2.29. The van der Waals surface area contributed by atoms with Crippen LogP contribution in [0, 0.1) is 0 Å². The van der Waals surface area contributed by atoms with Crippen LogP contribution in [0.1, 0.15) is 0 Å². The second kappa shape index (κ2) is 11.4. The minimum Gasteiger partial charge on any atom is -0.0616 e. The molecule has 256 valence electrons. The molecule has 54 heavy (non-hydrogen) atoms. The molecule has 0 nitrogen and oxygen atoms in total. The summed E-state index contributed by atoms with van der Waals surface area (Å²) >= 11 is 0. The van der Waals surface area contributed by atoms with Gasteiger partial charge in [-0.15, -0.1) is 0 Å². The van der Waals surface area contributed by atoms with E-state index in [1.807, 2.05) is 0 Å². The van der Waals surface area contributed by atoms with E-state index >= 15 is 0 Å². The van der Waals surface area contributed by atoms with E-state index in [2.05, 4.69) is 196 Å². The van der Waals surface area contributed by atoms with Crippen LogP contribution in [0.15, 0.2) is 170 Å². The van der Waals surface area contributed by atoms with Gasteiger partial charge in [-0.05, 0) is 115 Å². The Morgan fingerprint density at radius 1 is 0.296 bits per heavy atom. The lowest BCUT2D eigenvalue weighted by atomic mass is 9.90. The van der Waals surface area contributed by atoms with Crippen LogP contribution in [-0.2, 0) is 0 Å². The number of rotatable bonds is 3. The fourth-order valence-corrected chi connectivity index (χ4v) is 18.6. The molecule has 0 saturated heterocycles. The summed E-state index contributed by atoms with van der Waals surface area (Å²) in [6, 6.07) is 64.2. The largest absolute Gasteiger partial charge is 0.113 e. The third kappa shape index (κ3) is 4.41. The fourth-order valence-electron chi connectivity index (χ4n) is 10.1. The molecule has 2 heteroatoms. The minimum absolute atomic E-state index is 1.25. The first-order valence-electron chi connectivity index (χ1n) is 19.3. The summed E-state index contributed by atoms with van der Waals surface area (Å²) in [6.45, 7) is 10.5. The average Bonchev–Trinajstić information content (AvgIpc) is 3.59. The van der Waals surface area contributed by atoms with Crippen LogP contribution in [0.25, 0.3) is 88.0 Å². The molecule has 0 spiro atoms. The van der Waals surface area contributed by atoms with Crippen molar-refractivity contribution in [1.82, 2.24) is 0 Å². The lowest BCUT2D eigenvalue weighted by Crippen LogP contribution is -2.63. The molecule has 0 atom stereocenters. The maximum absolute atomic E-state index is 2.62. The molecule has 0 saturated carbocycles. The van der Waals surface area contributed by atoms with E-state index in [1.165, 1.54) is 88.0 Å². The topological polar surface area (TPSA) is 0 Å². The van der Waals surface area contributed by atoms with Crippen molar-refractivity contribution in [1.29, 1.82) is 0 Å². The maximum atomic E-state index is 2.62. The van der Waals surface area contributed by atoms with Gasteiger partial charge in [-0.25, -0.2) is 0 Å². The van der Waals surface area contributed by atoms with E-state index in [4.69, 9.17) is 0 Å². The molecule has 2 aliphatic rings. The summed E-state index contributed by atoms with van der Waals surface area (Å²) in [5.41, 5.74) is 13.7. The molecule has 0 radical (unpaired) electrons. The van der Waals surface area contributed by atoms with Crippen molar-refractivity contribution in [3.63, 3.8) is 0 Å². The van der Waals surface area contributed by atoms with Crippen LogP contribution in [0.2, 0.25) is 26.2 Å². The zero-order valence-electron chi connectivity index (χ0n) is 31.2. The second-order valence-corrected chi connectivity index (χ2v) is 25.1. The molecular weight excluding hydrogens is 681 g/mol. The highest BCUT2D eigenvalue weighted by Crippen LogP contribution is 2.43. The van der Waals surface area contributed by atoms with E-state index in [9.17, 15) is 0 Å². The van der Waals surface area contributed by atoms with Gasteiger partial charge in [0.05, 0.1) is 0 Å². The molecule has 0 amide bonds. The van der Waals surface area contributed by atoms with Gasteiger partial charge in [0.1, 0.15) is 16.1 Å². The van der Waals surface area contributed by atoms with Gasteiger partial charge >= 0.3 is 0 Å². The predicted octanol–water partition coefficient (Wildman–Crippen LogP) is 11.8. The summed E-state index contributed by atoms with van der Waals surface area (Å²) in [7, 11) is -4.23. The lowest BCUT2D eigenvalue weighted by molar-refractivity contribution is 1.61. The van der Waals surface area contributed by atoms with Gasteiger partial charge in [-0.1, -0.05) is 190 Å². The predicted molar refractivity (Wildman–Crippen MR) is 240 cm³/mol. The van der Waals surface area contributed by atoms with Crippen molar-refractivity contribution in [3.05, 3.63) is 170 Å². The maximum Gasteiger partial charge on any atom is 0.113 e. The Kier molecular flexibility index (Phi) is 6.66. The third-order valence-corrected chi connectivity index (χ3v) is 20.1. The van der Waals surface area contributed by atoms with Crippen molar-refractivity contribution in [2.24, 2.45) is 0 Å². The van der Waals surface area contributed by atoms with E-state index < -0.39 is 16.1 Å². The van der Waals surface area contributed by atoms with Crippen molar-refractivity contribution in [3.8, 4) is 55.6 Å². The van der Waals surface area contributed by atoms with E-state index in [1.54, 1.807) is 20.7 Å². The standard InChI is InChI=1S/C52H40Si2/c1-53(2)47-31-39(35-22-20-34(21-23-35)38-25-24-33-12-5-6-14-37(33)30-38)26-28-45(47)49-43-17-9-10-18-44(43)50-46-29-27-40(32-48(46)54(3,4)52(50)51(49)53)42-19-11-15-36-13-7-8-16-41(36)42/h5-32H,1-4H3. The summed E-state index contributed by atoms with van der Waals surface area (Å²) in [4.78, 5) is 0. The Morgan fingerprint density at radius 2 is 0.741 bits per heavy atom. The molecule has 0 aromatic heterocycles. The highest BCUT2D eigenvalue weighted by molar-refractivity contribution is 7.13. The highest BCUT2D eigenvalue weighted by atomic mass is 28.3. The van der Waals surface area contributed by atoms with Crippen LogP contribution in [-0.4, -0.2) is 16.1 Å². The molecule has 2 heterocycles. The molecule has 0 bridgehead atoms. The summed E-state index contributed by atoms with van der Waals surface area (Å²) in [5, 5.41) is 14.5.